The molecule has 0 aliphatic carbocycles. The molecule has 0 fully saturated rings. The first kappa shape index (κ1) is 13.4. The minimum absolute atomic E-state index is 0. The monoisotopic (exact) mass is 200 g/mol. The van der Waals surface area contributed by atoms with Crippen LogP contribution in [0.15, 0.2) is 60.7 Å². The zero-order chi connectivity index (χ0) is 10.4. The Morgan fingerprint density at radius 1 is 1.07 bits per heavy atom. The fraction of sp³-hybridized carbons (Fsp3) is 0.200. The van der Waals surface area contributed by atoms with E-state index in [1.54, 1.807) is 0 Å². The van der Waals surface area contributed by atoms with Crippen molar-refractivity contribution in [3.63, 3.8) is 0 Å². The first-order valence-corrected chi connectivity index (χ1v) is 4.77. The molecule has 0 nitrogen and oxygen atoms in total. The van der Waals surface area contributed by atoms with E-state index in [9.17, 15) is 0 Å². The molecule has 0 aliphatic heterocycles. The molecule has 0 radical (unpaired) electrons. The van der Waals surface area contributed by atoms with E-state index in [1.165, 1.54) is 11.1 Å². The van der Waals surface area contributed by atoms with E-state index in [-0.39, 0.29) is 7.43 Å². The van der Waals surface area contributed by atoms with Gasteiger partial charge in [0.05, 0.1) is 0 Å². The maximum atomic E-state index is 3.82. The number of rotatable bonds is 3. The summed E-state index contributed by atoms with van der Waals surface area (Å²) in [6.07, 6.45) is 6.08. The third-order valence-corrected chi connectivity index (χ3v) is 1.92. The molecule has 0 N–H and O–H groups in total. The maximum absolute atomic E-state index is 3.82. The molecule has 15 heavy (non-hydrogen) atoms. The molecule has 0 aromatic heterocycles. The molecular weight excluding hydrogens is 180 g/mol. The molecule has 1 rings (SSSR count). The minimum atomic E-state index is 0. The Morgan fingerprint density at radius 2 is 1.67 bits per heavy atom. The van der Waals surface area contributed by atoms with Crippen molar-refractivity contribution in [2.75, 3.05) is 0 Å². The first-order valence-electron chi connectivity index (χ1n) is 4.77. The molecule has 0 heterocycles. The summed E-state index contributed by atoms with van der Waals surface area (Å²) in [5.41, 5.74) is 3.66. The van der Waals surface area contributed by atoms with Gasteiger partial charge >= 0.3 is 0 Å². The second kappa shape index (κ2) is 6.83. The highest BCUT2D eigenvalue weighted by molar-refractivity contribution is 5.74. The minimum Gasteiger partial charge on any atom is -0.0984 e. The van der Waals surface area contributed by atoms with E-state index in [2.05, 4.69) is 44.7 Å². The SMILES string of the molecule is C.C=C/C(=C\C=C(C)C)c1ccccc1. The van der Waals surface area contributed by atoms with Crippen molar-refractivity contribution in [3.8, 4) is 0 Å². The zero-order valence-corrected chi connectivity index (χ0v) is 8.83. The fourth-order valence-electron chi connectivity index (χ4n) is 1.17. The Bertz CT molecular complexity index is 349. The molecule has 0 aliphatic rings. The smallest absolute Gasteiger partial charge is 0.0184 e. The van der Waals surface area contributed by atoms with Crippen molar-refractivity contribution in [1.29, 1.82) is 0 Å². The van der Waals surface area contributed by atoms with Crippen LogP contribution in [0.25, 0.3) is 5.57 Å². The van der Waals surface area contributed by atoms with Crippen LogP contribution < -0.4 is 0 Å². The summed E-state index contributed by atoms with van der Waals surface area (Å²) in [5, 5.41) is 0. The lowest BCUT2D eigenvalue weighted by Crippen LogP contribution is -1.78. The van der Waals surface area contributed by atoms with Crippen LogP contribution in [0.1, 0.15) is 26.8 Å². The van der Waals surface area contributed by atoms with Gasteiger partial charge in [-0.1, -0.05) is 68.1 Å². The van der Waals surface area contributed by atoms with Gasteiger partial charge in [0.15, 0.2) is 0 Å². The Labute approximate surface area is 93.7 Å². The fourth-order valence-corrected chi connectivity index (χ4v) is 1.17. The van der Waals surface area contributed by atoms with Gasteiger partial charge in [0.1, 0.15) is 0 Å². The topological polar surface area (TPSA) is 0 Å². The number of hydrogen-bond acceptors (Lipinski definition) is 0. The highest BCUT2D eigenvalue weighted by Gasteiger charge is 1.93. The van der Waals surface area contributed by atoms with Gasteiger partial charge in [-0.05, 0) is 25.0 Å². The lowest BCUT2D eigenvalue weighted by Gasteiger charge is -2.00. The standard InChI is InChI=1S/C14H16.CH4/c1-4-13(11-10-12(2)3)14-8-6-5-7-9-14;/h4-11H,1H2,2-3H3;1H4/b13-11+;. The quantitative estimate of drug-likeness (QED) is 0.611. The number of hydrogen-bond donors (Lipinski definition) is 0. The predicted octanol–water partition coefficient (Wildman–Crippen LogP) is 4.86. The molecule has 80 valence electrons. The lowest BCUT2D eigenvalue weighted by atomic mass is 10.1. The second-order valence-electron chi connectivity index (χ2n) is 3.44. The molecule has 0 bridgehead atoms. The van der Waals surface area contributed by atoms with Crippen molar-refractivity contribution < 1.29 is 0 Å². The van der Waals surface area contributed by atoms with E-state index < -0.39 is 0 Å². The van der Waals surface area contributed by atoms with Gasteiger partial charge in [-0.2, -0.15) is 0 Å². The highest BCUT2D eigenvalue weighted by atomic mass is 14.0. The van der Waals surface area contributed by atoms with Gasteiger partial charge in [0, 0.05) is 0 Å². The van der Waals surface area contributed by atoms with Gasteiger partial charge in [0.25, 0.3) is 0 Å². The van der Waals surface area contributed by atoms with E-state index in [1.807, 2.05) is 24.3 Å². The van der Waals surface area contributed by atoms with Crippen LogP contribution in [0.3, 0.4) is 0 Å². The molecule has 0 saturated carbocycles. The number of benzene rings is 1. The van der Waals surface area contributed by atoms with Gasteiger partial charge < -0.3 is 0 Å². The van der Waals surface area contributed by atoms with Gasteiger partial charge in [-0.3, -0.25) is 0 Å². The third kappa shape index (κ3) is 4.46. The zero-order valence-electron chi connectivity index (χ0n) is 8.83. The Morgan fingerprint density at radius 3 is 2.13 bits per heavy atom. The Kier molecular flexibility index (Phi) is 6.12. The summed E-state index contributed by atoms with van der Waals surface area (Å²) >= 11 is 0. The average molecular weight is 200 g/mol. The van der Waals surface area contributed by atoms with E-state index in [0.717, 1.165) is 5.57 Å². The summed E-state index contributed by atoms with van der Waals surface area (Å²) in [7, 11) is 0. The van der Waals surface area contributed by atoms with E-state index >= 15 is 0 Å². The van der Waals surface area contributed by atoms with Crippen LogP contribution in [-0.4, -0.2) is 0 Å². The summed E-state index contributed by atoms with van der Waals surface area (Å²) in [5.74, 6) is 0. The summed E-state index contributed by atoms with van der Waals surface area (Å²) in [6.45, 7) is 7.99. The van der Waals surface area contributed by atoms with Crippen LogP contribution in [0.4, 0.5) is 0 Å². The predicted molar refractivity (Wildman–Crippen MR) is 70.8 cm³/mol. The lowest BCUT2D eigenvalue weighted by molar-refractivity contribution is 1.39. The number of allylic oxidation sites excluding steroid dienone is 5. The van der Waals surface area contributed by atoms with Crippen LogP contribution >= 0.6 is 0 Å². The second-order valence-corrected chi connectivity index (χ2v) is 3.44. The van der Waals surface area contributed by atoms with Gasteiger partial charge in [-0.25, -0.2) is 0 Å². The van der Waals surface area contributed by atoms with E-state index in [0.29, 0.717) is 0 Å². The van der Waals surface area contributed by atoms with Crippen LogP contribution in [-0.2, 0) is 0 Å². The Hall–Kier alpha value is -1.56. The highest BCUT2D eigenvalue weighted by Crippen LogP contribution is 2.15. The van der Waals surface area contributed by atoms with E-state index in [4.69, 9.17) is 0 Å². The van der Waals surface area contributed by atoms with Crippen LogP contribution in [0.5, 0.6) is 0 Å². The maximum Gasteiger partial charge on any atom is -0.0184 e. The third-order valence-electron chi connectivity index (χ3n) is 1.92. The molecule has 1 aromatic rings. The molecule has 0 unspecified atom stereocenters. The van der Waals surface area contributed by atoms with Crippen molar-refractivity contribution >= 4 is 5.57 Å². The molecule has 1 aromatic carbocycles. The average Bonchev–Trinajstić information content (AvgIpc) is 2.20. The summed E-state index contributed by atoms with van der Waals surface area (Å²) < 4.78 is 0. The summed E-state index contributed by atoms with van der Waals surface area (Å²) in [6, 6.07) is 10.3. The largest absolute Gasteiger partial charge is 0.0984 e. The normalized spacial score (nSPS) is 10.1. The first-order chi connectivity index (χ1) is 6.74. The molecule has 0 atom stereocenters. The molecule has 0 spiro atoms. The van der Waals surface area contributed by atoms with Crippen LogP contribution in [0.2, 0.25) is 0 Å². The molecular formula is C15H20. The van der Waals surface area contributed by atoms with Gasteiger partial charge in [0.2, 0.25) is 0 Å². The van der Waals surface area contributed by atoms with Crippen molar-refractivity contribution in [2.24, 2.45) is 0 Å². The Balaban J connectivity index is 0.00000196. The molecule has 0 saturated heterocycles. The summed E-state index contributed by atoms with van der Waals surface area (Å²) in [4.78, 5) is 0. The van der Waals surface area contributed by atoms with Crippen molar-refractivity contribution in [1.82, 2.24) is 0 Å². The molecule has 0 heteroatoms. The van der Waals surface area contributed by atoms with Crippen molar-refractivity contribution in [3.05, 3.63) is 66.3 Å². The van der Waals surface area contributed by atoms with Gasteiger partial charge in [-0.15, -0.1) is 0 Å². The van der Waals surface area contributed by atoms with Crippen molar-refractivity contribution in [2.45, 2.75) is 21.3 Å². The molecule has 0 amide bonds. The van der Waals surface area contributed by atoms with Crippen LogP contribution in [0, 0.1) is 0 Å².